The van der Waals surface area contributed by atoms with Gasteiger partial charge in [0.1, 0.15) is 18.5 Å². The van der Waals surface area contributed by atoms with Crippen molar-refractivity contribution in [2.24, 2.45) is 0 Å². The lowest BCUT2D eigenvalue weighted by atomic mass is 10.1. The Labute approximate surface area is 149 Å². The highest BCUT2D eigenvalue weighted by atomic mass is 32.2. The number of hydrogen-bond acceptors (Lipinski definition) is 4. The van der Waals surface area contributed by atoms with Gasteiger partial charge in [0.2, 0.25) is 10.0 Å². The van der Waals surface area contributed by atoms with E-state index in [1.807, 2.05) is 43.3 Å². The fraction of sp³-hybridized carbons (Fsp3) is 0.368. The van der Waals surface area contributed by atoms with Crippen molar-refractivity contribution in [3.05, 3.63) is 59.7 Å². The highest BCUT2D eigenvalue weighted by molar-refractivity contribution is 7.92. The summed E-state index contributed by atoms with van der Waals surface area (Å²) in [6.07, 6.45) is 0.907. The van der Waals surface area contributed by atoms with E-state index >= 15 is 0 Å². The topological polar surface area (TPSA) is 59.1 Å². The molecule has 2 aromatic carbocycles. The van der Waals surface area contributed by atoms with Gasteiger partial charge in [-0.25, -0.2) is 8.42 Å². The maximum absolute atomic E-state index is 12.8. The summed E-state index contributed by atoms with van der Waals surface area (Å²) in [7, 11) is -1.94. The second-order valence-corrected chi connectivity index (χ2v) is 8.08. The Kier molecular flexibility index (Phi) is 5.30. The molecule has 134 valence electrons. The number of ether oxygens (including phenoxy) is 2. The summed E-state index contributed by atoms with van der Waals surface area (Å²) >= 11 is 0. The van der Waals surface area contributed by atoms with Crippen LogP contribution in [0.5, 0.6) is 5.75 Å². The third kappa shape index (κ3) is 4.32. The van der Waals surface area contributed by atoms with Crippen molar-refractivity contribution in [1.82, 2.24) is 0 Å². The SMILES string of the molecule is CCc1cccc(CS(=O)(=O)N(C)c2ccccc2)c1OCC1CO1. The number of hydrogen-bond donors (Lipinski definition) is 0. The van der Waals surface area contributed by atoms with Gasteiger partial charge >= 0.3 is 0 Å². The quantitative estimate of drug-likeness (QED) is 0.678. The molecule has 2 aromatic rings. The third-order valence-corrected chi connectivity index (χ3v) is 5.97. The molecule has 0 spiro atoms. The van der Waals surface area contributed by atoms with Gasteiger partial charge in [0.05, 0.1) is 18.0 Å². The van der Waals surface area contributed by atoms with Gasteiger partial charge in [-0.2, -0.15) is 0 Å². The summed E-state index contributed by atoms with van der Waals surface area (Å²) in [6, 6.07) is 14.7. The van der Waals surface area contributed by atoms with Crippen LogP contribution < -0.4 is 9.04 Å². The van der Waals surface area contributed by atoms with Crippen molar-refractivity contribution >= 4 is 15.7 Å². The minimum absolute atomic E-state index is 0.104. The zero-order chi connectivity index (χ0) is 17.9. The van der Waals surface area contributed by atoms with Gasteiger partial charge in [-0.05, 0) is 24.1 Å². The van der Waals surface area contributed by atoms with Crippen LogP contribution in [0, 0.1) is 0 Å². The summed E-state index contributed by atoms with van der Waals surface area (Å²) < 4.78 is 38.1. The molecule has 1 heterocycles. The average Bonchev–Trinajstić information content (AvgIpc) is 3.44. The number of anilines is 1. The predicted octanol–water partition coefficient (Wildman–Crippen LogP) is 2.99. The molecule has 3 rings (SSSR count). The molecule has 25 heavy (non-hydrogen) atoms. The van der Waals surface area contributed by atoms with E-state index in [1.54, 1.807) is 19.2 Å². The molecule has 0 aliphatic carbocycles. The molecule has 6 heteroatoms. The van der Waals surface area contributed by atoms with E-state index in [-0.39, 0.29) is 11.9 Å². The number of sulfonamides is 1. The van der Waals surface area contributed by atoms with Crippen molar-refractivity contribution in [3.8, 4) is 5.75 Å². The van der Waals surface area contributed by atoms with Crippen LogP contribution in [-0.2, 0) is 26.9 Å². The molecule has 0 saturated carbocycles. The molecule has 1 aliphatic rings. The first-order valence-electron chi connectivity index (χ1n) is 8.38. The molecule has 1 atom stereocenters. The Balaban J connectivity index is 1.85. The summed E-state index contributed by atoms with van der Waals surface area (Å²) in [6.45, 7) is 3.20. The Morgan fingerprint density at radius 3 is 2.44 bits per heavy atom. The minimum Gasteiger partial charge on any atom is -0.490 e. The zero-order valence-corrected chi connectivity index (χ0v) is 15.3. The first-order valence-corrected chi connectivity index (χ1v) is 9.99. The average molecular weight is 361 g/mol. The maximum atomic E-state index is 12.8. The standard InChI is InChI=1S/C19H23NO4S/c1-3-15-8-7-9-16(19(15)24-13-18-12-23-18)14-25(21,22)20(2)17-10-5-4-6-11-17/h4-11,18H,3,12-14H2,1-2H3. The van der Waals surface area contributed by atoms with Gasteiger partial charge in [-0.3, -0.25) is 4.31 Å². The van der Waals surface area contributed by atoms with Crippen molar-refractivity contribution in [1.29, 1.82) is 0 Å². The predicted molar refractivity (Wildman–Crippen MR) is 98.5 cm³/mol. The van der Waals surface area contributed by atoms with E-state index in [1.165, 1.54) is 4.31 Å². The number of epoxide rings is 1. The highest BCUT2D eigenvalue weighted by Crippen LogP contribution is 2.29. The molecule has 1 saturated heterocycles. The number of benzene rings is 2. The number of para-hydroxylation sites is 2. The molecule has 1 aliphatic heterocycles. The number of rotatable bonds is 8. The molecule has 5 nitrogen and oxygen atoms in total. The third-order valence-electron chi connectivity index (χ3n) is 4.25. The van der Waals surface area contributed by atoms with Crippen LogP contribution in [0.2, 0.25) is 0 Å². The maximum Gasteiger partial charge on any atom is 0.239 e. The summed E-state index contributed by atoms with van der Waals surface area (Å²) in [5, 5.41) is 0. The Hall–Kier alpha value is -2.05. The first kappa shape index (κ1) is 17.8. The van der Waals surface area contributed by atoms with E-state index in [0.29, 0.717) is 30.2 Å². The van der Waals surface area contributed by atoms with Gasteiger partial charge in [0, 0.05) is 12.6 Å². The zero-order valence-electron chi connectivity index (χ0n) is 14.5. The van der Waals surface area contributed by atoms with Crippen molar-refractivity contribution in [2.75, 3.05) is 24.6 Å². The van der Waals surface area contributed by atoms with E-state index in [0.717, 1.165) is 12.0 Å². The molecule has 1 fully saturated rings. The van der Waals surface area contributed by atoms with Crippen molar-refractivity contribution in [3.63, 3.8) is 0 Å². The number of aryl methyl sites for hydroxylation is 1. The second-order valence-electron chi connectivity index (χ2n) is 6.08. The molecule has 0 aromatic heterocycles. The smallest absolute Gasteiger partial charge is 0.239 e. The molecule has 1 unspecified atom stereocenters. The summed E-state index contributed by atoms with van der Waals surface area (Å²) in [4.78, 5) is 0. The Morgan fingerprint density at radius 1 is 1.12 bits per heavy atom. The van der Waals surface area contributed by atoms with Gasteiger partial charge in [-0.1, -0.05) is 43.3 Å². The molecule has 0 amide bonds. The van der Waals surface area contributed by atoms with Gasteiger partial charge in [-0.15, -0.1) is 0 Å². The lowest BCUT2D eigenvalue weighted by molar-refractivity contribution is 0.259. The van der Waals surface area contributed by atoms with E-state index in [2.05, 4.69) is 0 Å². The van der Waals surface area contributed by atoms with E-state index < -0.39 is 10.0 Å². The van der Waals surface area contributed by atoms with Gasteiger partial charge in [0.15, 0.2) is 0 Å². The largest absolute Gasteiger partial charge is 0.490 e. The van der Waals surface area contributed by atoms with E-state index in [9.17, 15) is 8.42 Å². The molecule has 0 radical (unpaired) electrons. The monoisotopic (exact) mass is 361 g/mol. The van der Waals surface area contributed by atoms with Crippen LogP contribution in [0.25, 0.3) is 0 Å². The van der Waals surface area contributed by atoms with Crippen molar-refractivity contribution in [2.45, 2.75) is 25.2 Å². The lowest BCUT2D eigenvalue weighted by Crippen LogP contribution is -2.28. The minimum atomic E-state index is -3.51. The normalized spacial score (nSPS) is 16.5. The molecule has 0 bridgehead atoms. The van der Waals surface area contributed by atoms with Crippen LogP contribution in [0.1, 0.15) is 18.1 Å². The van der Waals surface area contributed by atoms with Crippen LogP contribution in [0.15, 0.2) is 48.5 Å². The van der Waals surface area contributed by atoms with Crippen molar-refractivity contribution < 1.29 is 17.9 Å². The fourth-order valence-corrected chi connectivity index (χ4v) is 3.90. The van der Waals surface area contributed by atoms with Crippen LogP contribution in [0.4, 0.5) is 5.69 Å². The molecule has 0 N–H and O–H groups in total. The highest BCUT2D eigenvalue weighted by Gasteiger charge is 2.26. The molecular weight excluding hydrogens is 338 g/mol. The fourth-order valence-electron chi connectivity index (χ4n) is 2.65. The van der Waals surface area contributed by atoms with E-state index in [4.69, 9.17) is 9.47 Å². The van der Waals surface area contributed by atoms with Crippen LogP contribution >= 0.6 is 0 Å². The van der Waals surface area contributed by atoms with Crippen LogP contribution in [-0.4, -0.2) is 34.8 Å². The lowest BCUT2D eigenvalue weighted by Gasteiger charge is -2.21. The number of nitrogens with zero attached hydrogens (tertiary/aromatic N) is 1. The van der Waals surface area contributed by atoms with Gasteiger partial charge in [0.25, 0.3) is 0 Å². The Morgan fingerprint density at radius 2 is 1.80 bits per heavy atom. The summed E-state index contributed by atoms with van der Waals surface area (Å²) in [5.41, 5.74) is 2.33. The molecular formula is C19H23NO4S. The van der Waals surface area contributed by atoms with Crippen LogP contribution in [0.3, 0.4) is 0 Å². The Bertz CT molecular complexity index is 817. The summed E-state index contributed by atoms with van der Waals surface area (Å²) in [5.74, 6) is 0.568. The van der Waals surface area contributed by atoms with Gasteiger partial charge < -0.3 is 9.47 Å². The second kappa shape index (κ2) is 7.45. The first-order chi connectivity index (χ1) is 12.0.